The van der Waals surface area contributed by atoms with Gasteiger partial charge in [-0.25, -0.2) is 4.68 Å². The summed E-state index contributed by atoms with van der Waals surface area (Å²) < 4.78 is 7.78. The molecule has 8 heteroatoms. The summed E-state index contributed by atoms with van der Waals surface area (Å²) in [7, 11) is 2.18. The van der Waals surface area contributed by atoms with Crippen molar-refractivity contribution in [2.75, 3.05) is 51.8 Å². The Morgan fingerprint density at radius 3 is 2.62 bits per heavy atom. The van der Waals surface area contributed by atoms with Gasteiger partial charge in [-0.1, -0.05) is 41.9 Å². The van der Waals surface area contributed by atoms with E-state index in [1.54, 1.807) is 0 Å². The van der Waals surface area contributed by atoms with Gasteiger partial charge in [0.1, 0.15) is 11.4 Å². The lowest BCUT2D eigenvalue weighted by Gasteiger charge is -2.32. The molecular weight excluding hydrogens is 448 g/mol. The zero-order valence-electron chi connectivity index (χ0n) is 19.4. The molecule has 4 heterocycles. The van der Waals surface area contributed by atoms with Gasteiger partial charge in [0.15, 0.2) is 5.82 Å². The van der Waals surface area contributed by atoms with Crippen LogP contribution in [0, 0.1) is 0 Å². The van der Waals surface area contributed by atoms with Gasteiger partial charge in [0, 0.05) is 50.3 Å². The number of benzene rings is 2. The molecule has 6 rings (SSSR count). The average Bonchev–Trinajstić information content (AvgIpc) is 3.49. The zero-order chi connectivity index (χ0) is 23.1. The van der Waals surface area contributed by atoms with Crippen molar-refractivity contribution in [2.45, 2.75) is 13.0 Å². The van der Waals surface area contributed by atoms with E-state index in [4.69, 9.17) is 21.4 Å². The standard InChI is InChI=1S/C26H29ClN6O/c1-31-10-12-32(13-11-31)14-15-33-26-22(23(27)25(28-29-26)18-5-3-2-4-6-18)24(30-33)20-7-8-21-19(17-20)9-16-34-21/h2-8,17,28-29H,9-16H2,1H3. The second-order valence-electron chi connectivity index (χ2n) is 9.17. The molecule has 1 saturated heterocycles. The predicted molar refractivity (Wildman–Crippen MR) is 137 cm³/mol. The van der Waals surface area contributed by atoms with E-state index in [1.807, 2.05) is 18.2 Å². The van der Waals surface area contributed by atoms with Crippen molar-refractivity contribution in [1.29, 1.82) is 0 Å². The largest absolute Gasteiger partial charge is 0.493 e. The normalized spacial score (nSPS) is 18.2. The number of halogens is 1. The van der Waals surface area contributed by atoms with E-state index >= 15 is 0 Å². The van der Waals surface area contributed by atoms with Gasteiger partial charge in [-0.15, -0.1) is 0 Å². The minimum Gasteiger partial charge on any atom is -0.493 e. The summed E-state index contributed by atoms with van der Waals surface area (Å²) in [5.41, 5.74) is 12.8. The Balaban J connectivity index is 1.39. The van der Waals surface area contributed by atoms with Crippen LogP contribution in [0.25, 0.3) is 22.0 Å². The molecule has 0 radical (unpaired) electrons. The Morgan fingerprint density at radius 2 is 1.79 bits per heavy atom. The third-order valence-corrected chi connectivity index (χ3v) is 7.32. The molecule has 0 unspecified atom stereocenters. The highest BCUT2D eigenvalue weighted by Crippen LogP contribution is 2.43. The molecule has 0 atom stereocenters. The monoisotopic (exact) mass is 476 g/mol. The number of fused-ring (bicyclic) bond motifs is 2. The molecule has 1 fully saturated rings. The summed E-state index contributed by atoms with van der Waals surface area (Å²) in [6, 6.07) is 16.5. The Hall–Kier alpha value is -3.00. The first-order valence-corrected chi connectivity index (χ1v) is 12.3. The molecule has 7 nitrogen and oxygen atoms in total. The van der Waals surface area contributed by atoms with Gasteiger partial charge in [-0.3, -0.25) is 15.8 Å². The molecule has 0 bridgehead atoms. The first-order valence-electron chi connectivity index (χ1n) is 11.9. The van der Waals surface area contributed by atoms with Gasteiger partial charge in [0.25, 0.3) is 0 Å². The van der Waals surface area contributed by atoms with Gasteiger partial charge < -0.3 is 9.64 Å². The van der Waals surface area contributed by atoms with E-state index in [0.29, 0.717) is 5.03 Å². The maximum absolute atomic E-state index is 7.08. The minimum absolute atomic E-state index is 0.678. The Labute approximate surface area is 204 Å². The number of nitrogens with zero attached hydrogens (tertiary/aromatic N) is 4. The van der Waals surface area contributed by atoms with Crippen LogP contribution in [0.4, 0.5) is 5.82 Å². The van der Waals surface area contributed by atoms with Crippen molar-refractivity contribution in [3.05, 3.63) is 65.2 Å². The number of nitrogens with one attached hydrogen (secondary N) is 2. The van der Waals surface area contributed by atoms with Crippen molar-refractivity contribution >= 4 is 28.1 Å². The van der Waals surface area contributed by atoms with E-state index in [2.05, 4.69) is 62.7 Å². The number of ether oxygens (including phenoxy) is 1. The van der Waals surface area contributed by atoms with Crippen LogP contribution in [0.2, 0.25) is 0 Å². The van der Waals surface area contributed by atoms with Crippen molar-refractivity contribution in [3.63, 3.8) is 0 Å². The Bertz CT molecular complexity index is 1230. The predicted octanol–water partition coefficient (Wildman–Crippen LogP) is 3.73. The molecule has 2 N–H and O–H groups in total. The van der Waals surface area contributed by atoms with Crippen LogP contribution >= 0.6 is 11.6 Å². The van der Waals surface area contributed by atoms with Crippen LogP contribution in [0.1, 0.15) is 16.7 Å². The SMILES string of the molecule is CN1CCN(CCn2nc(-c3ccc4c(c3)CCO4)c3c2NNC(c2ccccc2)=C3Cl)CC1. The number of likely N-dealkylation sites (N-methyl/N-ethyl adjacent to an activating group) is 1. The molecule has 0 amide bonds. The smallest absolute Gasteiger partial charge is 0.152 e. The summed E-state index contributed by atoms with van der Waals surface area (Å²) in [4.78, 5) is 4.88. The van der Waals surface area contributed by atoms with Gasteiger partial charge in [0.2, 0.25) is 0 Å². The lowest BCUT2D eigenvalue weighted by molar-refractivity contribution is 0.149. The van der Waals surface area contributed by atoms with E-state index in [9.17, 15) is 0 Å². The molecule has 2 aromatic carbocycles. The lowest BCUT2D eigenvalue weighted by atomic mass is 10.0. The van der Waals surface area contributed by atoms with E-state index in [0.717, 1.165) is 91.9 Å². The molecule has 176 valence electrons. The molecule has 0 spiro atoms. The van der Waals surface area contributed by atoms with E-state index in [1.165, 1.54) is 5.56 Å². The molecule has 3 aliphatic rings. The van der Waals surface area contributed by atoms with Crippen LogP contribution in [-0.2, 0) is 13.0 Å². The van der Waals surface area contributed by atoms with Gasteiger partial charge >= 0.3 is 0 Å². The fraction of sp³-hybridized carbons (Fsp3) is 0.346. The number of rotatable bonds is 5. The molecule has 0 aliphatic carbocycles. The maximum atomic E-state index is 7.08. The number of hydrazine groups is 1. The van der Waals surface area contributed by atoms with Gasteiger partial charge in [0.05, 0.1) is 29.4 Å². The second-order valence-corrected chi connectivity index (χ2v) is 9.54. The summed E-state index contributed by atoms with van der Waals surface area (Å²) in [6.07, 6.45) is 0.925. The highest BCUT2D eigenvalue weighted by atomic mass is 35.5. The second kappa shape index (κ2) is 8.98. The fourth-order valence-corrected chi connectivity index (χ4v) is 5.24. The van der Waals surface area contributed by atoms with Gasteiger partial charge in [-0.05, 0) is 30.8 Å². The Morgan fingerprint density at radius 1 is 0.971 bits per heavy atom. The van der Waals surface area contributed by atoms with Crippen LogP contribution in [-0.4, -0.2) is 66.0 Å². The number of hydrogen-bond acceptors (Lipinski definition) is 6. The van der Waals surface area contributed by atoms with Crippen LogP contribution in [0.15, 0.2) is 48.5 Å². The molecule has 3 aromatic rings. The third kappa shape index (κ3) is 3.94. The molecule has 34 heavy (non-hydrogen) atoms. The first-order chi connectivity index (χ1) is 16.7. The molecular formula is C26H29ClN6O. The van der Waals surface area contributed by atoms with E-state index < -0.39 is 0 Å². The zero-order valence-corrected chi connectivity index (χ0v) is 20.1. The fourth-order valence-electron chi connectivity index (χ4n) is 4.91. The highest BCUT2D eigenvalue weighted by molar-refractivity contribution is 6.53. The van der Waals surface area contributed by atoms with Crippen molar-refractivity contribution in [1.82, 2.24) is 25.0 Å². The molecule has 3 aliphatic heterocycles. The summed E-state index contributed by atoms with van der Waals surface area (Å²) in [5, 5.41) is 5.76. The highest BCUT2D eigenvalue weighted by Gasteiger charge is 2.29. The van der Waals surface area contributed by atoms with E-state index in [-0.39, 0.29) is 0 Å². The van der Waals surface area contributed by atoms with Crippen LogP contribution in [0.5, 0.6) is 5.75 Å². The molecule has 0 saturated carbocycles. The van der Waals surface area contributed by atoms with Crippen molar-refractivity contribution in [2.24, 2.45) is 0 Å². The maximum Gasteiger partial charge on any atom is 0.152 e. The topological polar surface area (TPSA) is 57.6 Å². The summed E-state index contributed by atoms with van der Waals surface area (Å²) in [6.45, 7) is 6.86. The van der Waals surface area contributed by atoms with Crippen molar-refractivity contribution in [3.8, 4) is 17.0 Å². The van der Waals surface area contributed by atoms with Crippen molar-refractivity contribution < 1.29 is 4.74 Å². The summed E-state index contributed by atoms with van der Waals surface area (Å²) in [5.74, 6) is 1.88. The van der Waals surface area contributed by atoms with Gasteiger partial charge in [-0.2, -0.15) is 5.10 Å². The summed E-state index contributed by atoms with van der Waals surface area (Å²) >= 11 is 7.08. The quantitative estimate of drug-likeness (QED) is 0.585. The number of piperazine rings is 1. The lowest BCUT2D eigenvalue weighted by Crippen LogP contribution is -2.45. The van der Waals surface area contributed by atoms with Crippen LogP contribution in [0.3, 0.4) is 0 Å². The first kappa shape index (κ1) is 21.5. The molecule has 1 aromatic heterocycles. The van der Waals surface area contributed by atoms with Crippen LogP contribution < -0.4 is 15.6 Å². The third-order valence-electron chi connectivity index (χ3n) is 6.95. The number of hydrogen-bond donors (Lipinski definition) is 2. The average molecular weight is 477 g/mol. The number of aromatic nitrogens is 2. The Kier molecular flexibility index (Phi) is 5.69. The minimum atomic E-state index is 0.678. The number of anilines is 1.